The summed E-state index contributed by atoms with van der Waals surface area (Å²) in [6.07, 6.45) is 4.17. The Morgan fingerprint density at radius 2 is 2.15 bits per heavy atom. The predicted octanol–water partition coefficient (Wildman–Crippen LogP) is 0.832. The van der Waals surface area contributed by atoms with E-state index in [1.165, 1.54) is 6.07 Å². The summed E-state index contributed by atoms with van der Waals surface area (Å²) in [5.74, 6) is 0. The lowest BCUT2D eigenvalue weighted by molar-refractivity contribution is 0.581. The molecule has 1 aromatic heterocycles. The van der Waals surface area contributed by atoms with Gasteiger partial charge in [-0.15, -0.1) is 0 Å². The number of rotatable bonds is 5. The van der Waals surface area contributed by atoms with Crippen LogP contribution in [0, 0.1) is 6.92 Å². The minimum Gasteiger partial charge on any atom is -0.398 e. The molecular formula is C13H18N4O2S. The van der Waals surface area contributed by atoms with E-state index in [0.29, 0.717) is 18.7 Å². The fraction of sp³-hybridized carbons (Fsp3) is 0.308. The maximum Gasteiger partial charge on any atom is 0.240 e. The van der Waals surface area contributed by atoms with Crippen LogP contribution in [0.1, 0.15) is 11.1 Å². The van der Waals surface area contributed by atoms with E-state index in [1.807, 2.05) is 20.2 Å². The van der Waals surface area contributed by atoms with E-state index < -0.39 is 10.0 Å². The molecule has 7 heteroatoms. The average molecular weight is 294 g/mol. The van der Waals surface area contributed by atoms with E-state index in [-0.39, 0.29) is 4.90 Å². The van der Waals surface area contributed by atoms with Gasteiger partial charge in [-0.2, -0.15) is 5.10 Å². The van der Waals surface area contributed by atoms with Crippen molar-refractivity contribution < 1.29 is 8.42 Å². The molecule has 108 valence electrons. The van der Waals surface area contributed by atoms with E-state index in [4.69, 9.17) is 5.73 Å². The van der Waals surface area contributed by atoms with Gasteiger partial charge in [-0.05, 0) is 36.6 Å². The van der Waals surface area contributed by atoms with Crippen LogP contribution in [0.25, 0.3) is 0 Å². The molecule has 0 amide bonds. The maximum absolute atomic E-state index is 12.1. The normalized spacial score (nSPS) is 11.7. The van der Waals surface area contributed by atoms with Crippen molar-refractivity contribution in [3.63, 3.8) is 0 Å². The number of hydrogen-bond donors (Lipinski definition) is 2. The van der Waals surface area contributed by atoms with Gasteiger partial charge >= 0.3 is 0 Å². The Morgan fingerprint density at radius 3 is 2.75 bits per heavy atom. The van der Waals surface area contributed by atoms with Crippen molar-refractivity contribution in [2.75, 3.05) is 12.3 Å². The summed E-state index contributed by atoms with van der Waals surface area (Å²) in [7, 11) is -1.70. The van der Waals surface area contributed by atoms with E-state index in [2.05, 4.69) is 9.82 Å². The molecule has 0 aliphatic heterocycles. The quantitative estimate of drug-likeness (QED) is 0.799. The number of nitrogens with one attached hydrogen (secondary N) is 1. The Morgan fingerprint density at radius 1 is 1.40 bits per heavy atom. The molecule has 0 saturated heterocycles. The first-order valence-corrected chi connectivity index (χ1v) is 7.70. The van der Waals surface area contributed by atoms with Gasteiger partial charge in [0.05, 0.1) is 11.1 Å². The fourth-order valence-electron chi connectivity index (χ4n) is 1.80. The molecule has 0 aliphatic carbocycles. The first kappa shape index (κ1) is 14.5. The van der Waals surface area contributed by atoms with Gasteiger partial charge in [0.15, 0.2) is 0 Å². The highest BCUT2D eigenvalue weighted by atomic mass is 32.2. The van der Waals surface area contributed by atoms with E-state index in [0.717, 1.165) is 11.1 Å². The highest BCUT2D eigenvalue weighted by molar-refractivity contribution is 7.89. The van der Waals surface area contributed by atoms with Crippen molar-refractivity contribution in [1.29, 1.82) is 0 Å². The zero-order valence-electron chi connectivity index (χ0n) is 11.5. The number of nitrogen functional groups attached to an aromatic ring is 1. The molecule has 2 aromatic rings. The zero-order valence-corrected chi connectivity index (χ0v) is 12.3. The first-order chi connectivity index (χ1) is 9.38. The predicted molar refractivity (Wildman–Crippen MR) is 77.7 cm³/mol. The van der Waals surface area contributed by atoms with Crippen LogP contribution in [0.15, 0.2) is 35.5 Å². The molecule has 3 N–H and O–H groups in total. The number of hydrogen-bond acceptors (Lipinski definition) is 4. The number of nitrogens with zero attached hydrogens (tertiary/aromatic N) is 2. The molecule has 0 unspecified atom stereocenters. The molecule has 0 radical (unpaired) electrons. The van der Waals surface area contributed by atoms with Gasteiger partial charge in [0, 0.05) is 25.5 Å². The van der Waals surface area contributed by atoms with Gasteiger partial charge in [-0.25, -0.2) is 13.1 Å². The molecule has 0 aliphatic rings. The van der Waals surface area contributed by atoms with Crippen molar-refractivity contribution >= 4 is 15.7 Å². The third kappa shape index (κ3) is 3.37. The summed E-state index contributed by atoms with van der Waals surface area (Å²) in [6, 6.07) is 4.73. The second-order valence-corrected chi connectivity index (χ2v) is 6.46. The summed E-state index contributed by atoms with van der Waals surface area (Å²) in [6.45, 7) is 2.16. The van der Waals surface area contributed by atoms with Crippen molar-refractivity contribution in [3.05, 3.63) is 41.7 Å². The van der Waals surface area contributed by atoms with Crippen LogP contribution in [0.5, 0.6) is 0 Å². The minimum atomic E-state index is -3.52. The Kier molecular flexibility index (Phi) is 4.10. The van der Waals surface area contributed by atoms with Crippen LogP contribution in [0.2, 0.25) is 0 Å². The van der Waals surface area contributed by atoms with Crippen molar-refractivity contribution in [2.45, 2.75) is 18.2 Å². The molecule has 6 nitrogen and oxygen atoms in total. The average Bonchev–Trinajstić information content (AvgIpc) is 2.78. The summed E-state index contributed by atoms with van der Waals surface area (Å²) >= 11 is 0. The van der Waals surface area contributed by atoms with Gasteiger partial charge in [-0.3, -0.25) is 4.68 Å². The molecule has 2 rings (SSSR count). The number of sulfonamides is 1. The molecule has 0 saturated carbocycles. The van der Waals surface area contributed by atoms with Crippen LogP contribution in [-0.2, 0) is 23.5 Å². The van der Waals surface area contributed by atoms with E-state index in [9.17, 15) is 8.42 Å². The summed E-state index contributed by atoms with van der Waals surface area (Å²) in [5.41, 5.74) is 8.05. The Hall–Kier alpha value is -1.86. The third-order valence-corrected chi connectivity index (χ3v) is 4.48. The fourth-order valence-corrected chi connectivity index (χ4v) is 2.87. The lowest BCUT2D eigenvalue weighted by Gasteiger charge is -2.08. The topological polar surface area (TPSA) is 90.0 Å². The highest BCUT2D eigenvalue weighted by Crippen LogP contribution is 2.16. The highest BCUT2D eigenvalue weighted by Gasteiger charge is 2.14. The molecular weight excluding hydrogens is 276 g/mol. The third-order valence-electron chi connectivity index (χ3n) is 3.03. The van der Waals surface area contributed by atoms with Gasteiger partial charge < -0.3 is 5.73 Å². The van der Waals surface area contributed by atoms with Crippen molar-refractivity contribution in [1.82, 2.24) is 14.5 Å². The van der Waals surface area contributed by atoms with Crippen LogP contribution in [0.4, 0.5) is 5.69 Å². The largest absolute Gasteiger partial charge is 0.398 e. The zero-order chi connectivity index (χ0) is 14.8. The lowest BCUT2D eigenvalue weighted by Crippen LogP contribution is -2.26. The Bertz CT molecular complexity index is 707. The van der Waals surface area contributed by atoms with Gasteiger partial charge in [-0.1, -0.05) is 6.07 Å². The summed E-state index contributed by atoms with van der Waals surface area (Å²) in [4.78, 5) is 0.187. The maximum atomic E-state index is 12.1. The lowest BCUT2D eigenvalue weighted by atomic mass is 10.2. The van der Waals surface area contributed by atoms with Crippen LogP contribution < -0.4 is 10.5 Å². The van der Waals surface area contributed by atoms with Gasteiger partial charge in [0.1, 0.15) is 0 Å². The van der Waals surface area contributed by atoms with Gasteiger partial charge in [0.25, 0.3) is 0 Å². The van der Waals surface area contributed by atoms with E-state index >= 15 is 0 Å². The molecule has 0 spiro atoms. The number of aryl methyl sites for hydroxylation is 2. The summed E-state index contributed by atoms with van der Waals surface area (Å²) in [5, 5.41) is 4.03. The number of aromatic nitrogens is 2. The Labute approximate surface area is 118 Å². The minimum absolute atomic E-state index is 0.187. The molecule has 1 heterocycles. The van der Waals surface area contributed by atoms with Crippen molar-refractivity contribution in [2.24, 2.45) is 7.05 Å². The van der Waals surface area contributed by atoms with E-state index in [1.54, 1.807) is 23.0 Å². The van der Waals surface area contributed by atoms with Crippen LogP contribution >= 0.6 is 0 Å². The SMILES string of the molecule is Cc1ccc(S(=O)(=O)NCCc2cnn(C)c2)cc1N. The number of anilines is 1. The monoisotopic (exact) mass is 294 g/mol. The molecule has 0 fully saturated rings. The second kappa shape index (κ2) is 5.64. The second-order valence-electron chi connectivity index (χ2n) is 4.69. The standard InChI is InChI=1S/C13H18N4O2S/c1-10-3-4-12(7-13(10)14)20(18,19)16-6-5-11-8-15-17(2)9-11/h3-4,7-9,16H,5-6,14H2,1-2H3. The Balaban J connectivity index is 2.02. The summed E-state index contributed by atoms with van der Waals surface area (Å²) < 4.78 is 28.5. The van der Waals surface area contributed by atoms with Gasteiger partial charge in [0.2, 0.25) is 10.0 Å². The molecule has 1 aromatic carbocycles. The number of nitrogens with two attached hydrogens (primary N) is 1. The molecule has 20 heavy (non-hydrogen) atoms. The van der Waals surface area contributed by atoms with Crippen LogP contribution in [0.3, 0.4) is 0 Å². The van der Waals surface area contributed by atoms with Crippen molar-refractivity contribution in [3.8, 4) is 0 Å². The first-order valence-electron chi connectivity index (χ1n) is 6.22. The molecule has 0 bridgehead atoms. The number of benzene rings is 1. The smallest absolute Gasteiger partial charge is 0.240 e. The molecule has 0 atom stereocenters. The van der Waals surface area contributed by atoms with Crippen LogP contribution in [-0.4, -0.2) is 24.7 Å².